The fourth-order valence-electron chi connectivity index (χ4n) is 12.8. The van der Waals surface area contributed by atoms with Crippen molar-refractivity contribution in [2.45, 2.75) is 19.3 Å². The summed E-state index contributed by atoms with van der Waals surface area (Å²) >= 11 is 0. The maximum Gasteiger partial charge on any atom is 0.164 e. The first-order chi connectivity index (χ1) is 38.4. The average Bonchev–Trinajstić information content (AvgIpc) is 4.35. The van der Waals surface area contributed by atoms with E-state index in [0.29, 0.717) is 17.5 Å². The third kappa shape index (κ3) is 6.66. The first-order valence-electron chi connectivity index (χ1n) is 26.8. The van der Waals surface area contributed by atoms with Gasteiger partial charge in [-0.3, -0.25) is 0 Å². The third-order valence-corrected chi connectivity index (χ3v) is 16.5. The zero-order chi connectivity index (χ0) is 51.6. The average molecular weight is 997 g/mol. The van der Waals surface area contributed by atoms with Crippen molar-refractivity contribution in [1.82, 2.24) is 28.7 Å². The molecule has 6 nitrogen and oxygen atoms in total. The number of nitrogens with zero attached hydrogens (tertiary/aromatic N) is 6. The van der Waals surface area contributed by atoms with Crippen molar-refractivity contribution >= 4 is 65.4 Å². The van der Waals surface area contributed by atoms with Gasteiger partial charge in [0.15, 0.2) is 17.5 Å². The number of fused-ring (bicyclic) bond motifs is 12. The Morgan fingerprint density at radius 1 is 0.256 bits per heavy atom. The lowest BCUT2D eigenvalue weighted by Crippen LogP contribution is -2.15. The molecule has 6 heteroatoms. The molecule has 1 aliphatic rings. The predicted octanol–water partition coefficient (Wildman–Crippen LogP) is 18.1. The van der Waals surface area contributed by atoms with Gasteiger partial charge in [-0.05, 0) is 124 Å². The van der Waals surface area contributed by atoms with Gasteiger partial charge in [-0.15, -0.1) is 0 Å². The standard InChI is InChI=1S/C72H48N6/c1-72(2)61-42-47(49-40-51(77-65-28-14-8-22-57(65)58-23-9-15-29-66(58)77)44-52(41-49)78-67-30-16-10-24-59(67)60-25-11-17-31-68(60)78)34-38-53(61)54-39-35-48(43-62(54)72)71-74-69(45-18-4-3-5-19-45)73-70(75-71)46-32-36-50(37-33-46)76-63-26-12-6-20-55(63)56-21-7-13-27-64(56)76/h3-44H,1-2H3. The molecule has 0 unspecified atom stereocenters. The van der Waals surface area contributed by atoms with Gasteiger partial charge < -0.3 is 13.7 Å². The Bertz CT molecular complexity index is 4650. The summed E-state index contributed by atoms with van der Waals surface area (Å²) in [5.74, 6) is 1.90. The highest BCUT2D eigenvalue weighted by molar-refractivity contribution is 6.11. The van der Waals surface area contributed by atoms with Crippen LogP contribution in [0.5, 0.6) is 0 Å². The summed E-state index contributed by atoms with van der Waals surface area (Å²) in [5, 5.41) is 7.43. The Kier molecular flexibility index (Phi) is 9.58. The molecule has 0 saturated heterocycles. The normalized spacial score (nSPS) is 12.8. The molecular formula is C72H48N6. The summed E-state index contributed by atoms with van der Waals surface area (Å²) in [6.45, 7) is 4.71. The second-order valence-corrected chi connectivity index (χ2v) is 21.2. The van der Waals surface area contributed by atoms with E-state index >= 15 is 0 Å². The van der Waals surface area contributed by atoms with Crippen LogP contribution >= 0.6 is 0 Å². The van der Waals surface area contributed by atoms with Crippen LogP contribution in [0.4, 0.5) is 0 Å². The zero-order valence-corrected chi connectivity index (χ0v) is 42.9. The molecule has 4 heterocycles. The van der Waals surface area contributed by atoms with Crippen LogP contribution in [-0.4, -0.2) is 28.7 Å². The highest BCUT2D eigenvalue weighted by atomic mass is 15.0. The van der Waals surface area contributed by atoms with Crippen LogP contribution in [-0.2, 0) is 5.41 Å². The van der Waals surface area contributed by atoms with E-state index in [2.05, 4.69) is 264 Å². The first kappa shape index (κ1) is 44.2. The quantitative estimate of drug-likeness (QED) is 0.160. The number of hydrogen-bond donors (Lipinski definition) is 0. The lowest BCUT2D eigenvalue weighted by Gasteiger charge is -2.23. The Labute approximate surface area is 450 Å². The van der Waals surface area contributed by atoms with Crippen LogP contribution in [0, 0.1) is 0 Å². The van der Waals surface area contributed by atoms with Crippen LogP contribution < -0.4 is 0 Å². The molecule has 0 N–H and O–H groups in total. The minimum Gasteiger partial charge on any atom is -0.309 e. The zero-order valence-electron chi connectivity index (χ0n) is 42.9. The Morgan fingerprint density at radius 3 is 1.00 bits per heavy atom. The molecule has 1 aliphatic carbocycles. The van der Waals surface area contributed by atoms with E-state index in [1.54, 1.807) is 0 Å². The highest BCUT2D eigenvalue weighted by Crippen LogP contribution is 2.51. The first-order valence-corrected chi connectivity index (χ1v) is 26.8. The van der Waals surface area contributed by atoms with Crippen molar-refractivity contribution in [2.24, 2.45) is 0 Å². The molecule has 15 aromatic rings. The number of hydrogen-bond acceptors (Lipinski definition) is 3. The van der Waals surface area contributed by atoms with Crippen LogP contribution in [0.2, 0.25) is 0 Å². The molecule has 16 rings (SSSR count). The van der Waals surface area contributed by atoms with E-state index in [1.807, 2.05) is 18.2 Å². The van der Waals surface area contributed by atoms with Gasteiger partial charge in [-0.2, -0.15) is 0 Å². The van der Waals surface area contributed by atoms with Gasteiger partial charge in [0.05, 0.1) is 33.1 Å². The molecule has 0 amide bonds. The summed E-state index contributed by atoms with van der Waals surface area (Å²) < 4.78 is 7.22. The molecule has 0 spiro atoms. The Hall–Kier alpha value is -10.2. The van der Waals surface area contributed by atoms with Crippen LogP contribution in [0.1, 0.15) is 25.0 Å². The molecule has 366 valence electrons. The van der Waals surface area contributed by atoms with Crippen LogP contribution in [0.3, 0.4) is 0 Å². The summed E-state index contributed by atoms with van der Waals surface area (Å²) in [7, 11) is 0. The number of para-hydroxylation sites is 6. The van der Waals surface area contributed by atoms with E-state index in [0.717, 1.165) is 39.3 Å². The number of rotatable bonds is 7. The van der Waals surface area contributed by atoms with Gasteiger partial charge in [0, 0.05) is 71.5 Å². The van der Waals surface area contributed by atoms with Crippen molar-refractivity contribution in [3.8, 4) is 73.5 Å². The smallest absolute Gasteiger partial charge is 0.164 e. The molecule has 0 radical (unpaired) electrons. The van der Waals surface area contributed by atoms with E-state index in [9.17, 15) is 0 Å². The van der Waals surface area contributed by atoms with Gasteiger partial charge in [0.2, 0.25) is 0 Å². The van der Waals surface area contributed by atoms with E-state index in [1.165, 1.54) is 93.2 Å². The Morgan fingerprint density at radius 2 is 0.577 bits per heavy atom. The molecule has 78 heavy (non-hydrogen) atoms. The van der Waals surface area contributed by atoms with Crippen molar-refractivity contribution in [2.75, 3.05) is 0 Å². The predicted molar refractivity (Wildman–Crippen MR) is 322 cm³/mol. The van der Waals surface area contributed by atoms with Crippen molar-refractivity contribution in [3.05, 3.63) is 266 Å². The maximum absolute atomic E-state index is 5.27. The lowest BCUT2D eigenvalue weighted by molar-refractivity contribution is 0.661. The lowest BCUT2D eigenvalue weighted by atomic mass is 9.81. The number of aromatic nitrogens is 6. The van der Waals surface area contributed by atoms with Crippen molar-refractivity contribution in [1.29, 1.82) is 0 Å². The summed E-state index contributed by atoms with van der Waals surface area (Å²) in [6.07, 6.45) is 0. The van der Waals surface area contributed by atoms with Gasteiger partial charge in [-0.1, -0.05) is 178 Å². The maximum atomic E-state index is 5.27. The SMILES string of the molecule is CC1(C)c2cc(-c3cc(-n4c5ccccc5c5ccccc54)cc(-n4c5ccccc5c5ccccc54)c3)ccc2-c2ccc(-c3nc(-c4ccccc4)nc(-c4ccc(-n5c6ccccc6c6ccccc65)cc4)n3)cc21. The molecular weight excluding hydrogens is 949 g/mol. The van der Waals surface area contributed by atoms with E-state index < -0.39 is 0 Å². The molecule has 0 aliphatic heterocycles. The van der Waals surface area contributed by atoms with E-state index in [4.69, 9.17) is 15.0 Å². The number of benzene rings is 11. The van der Waals surface area contributed by atoms with E-state index in [-0.39, 0.29) is 5.41 Å². The van der Waals surface area contributed by atoms with Crippen molar-refractivity contribution in [3.63, 3.8) is 0 Å². The van der Waals surface area contributed by atoms with Gasteiger partial charge in [0.1, 0.15) is 0 Å². The molecule has 11 aromatic carbocycles. The summed E-state index contributed by atoms with van der Waals surface area (Å²) in [6, 6.07) is 92.2. The minimum atomic E-state index is -0.336. The topological polar surface area (TPSA) is 53.5 Å². The molecule has 0 bridgehead atoms. The Balaban J connectivity index is 0.815. The van der Waals surface area contributed by atoms with Crippen molar-refractivity contribution < 1.29 is 0 Å². The summed E-state index contributed by atoms with van der Waals surface area (Å²) in [4.78, 5) is 15.6. The minimum absolute atomic E-state index is 0.336. The molecule has 0 fully saturated rings. The molecule has 0 saturated carbocycles. The fourth-order valence-corrected chi connectivity index (χ4v) is 12.8. The van der Waals surface area contributed by atoms with Crippen LogP contribution in [0.15, 0.2) is 255 Å². The van der Waals surface area contributed by atoms with Gasteiger partial charge >= 0.3 is 0 Å². The van der Waals surface area contributed by atoms with Gasteiger partial charge in [-0.25, -0.2) is 15.0 Å². The largest absolute Gasteiger partial charge is 0.309 e. The second kappa shape index (κ2) is 16.9. The fraction of sp³-hybridized carbons (Fsp3) is 0.0417. The second-order valence-electron chi connectivity index (χ2n) is 21.2. The third-order valence-electron chi connectivity index (χ3n) is 16.5. The molecule has 4 aromatic heterocycles. The highest BCUT2D eigenvalue weighted by Gasteiger charge is 2.36. The van der Waals surface area contributed by atoms with Gasteiger partial charge in [0.25, 0.3) is 0 Å². The summed E-state index contributed by atoms with van der Waals surface area (Å²) in [5.41, 5.74) is 20.2. The molecule has 0 atom stereocenters. The van der Waals surface area contributed by atoms with Crippen LogP contribution in [0.25, 0.3) is 139 Å². The monoisotopic (exact) mass is 996 g/mol.